The Kier molecular flexibility index (Phi) is 5.76. The van der Waals surface area contributed by atoms with E-state index in [-0.39, 0.29) is 5.91 Å². The molecule has 2 aromatic heterocycles. The van der Waals surface area contributed by atoms with Crippen LogP contribution >= 0.6 is 0 Å². The van der Waals surface area contributed by atoms with E-state index in [0.717, 1.165) is 62.6 Å². The zero-order chi connectivity index (χ0) is 20.2. The van der Waals surface area contributed by atoms with Crippen LogP contribution in [0.4, 0.5) is 0 Å². The van der Waals surface area contributed by atoms with Crippen LogP contribution in [0.1, 0.15) is 27.3 Å². The summed E-state index contributed by atoms with van der Waals surface area (Å²) in [4.78, 5) is 21.3. The molecule has 1 amide bonds. The summed E-state index contributed by atoms with van der Waals surface area (Å²) in [5, 5.41) is 4.53. The molecule has 0 bridgehead atoms. The fourth-order valence-corrected chi connectivity index (χ4v) is 3.84. The summed E-state index contributed by atoms with van der Waals surface area (Å²) in [7, 11) is 0. The van der Waals surface area contributed by atoms with Crippen molar-refractivity contribution in [3.63, 3.8) is 0 Å². The number of aromatic nitrogens is 4. The van der Waals surface area contributed by atoms with E-state index in [4.69, 9.17) is 0 Å². The summed E-state index contributed by atoms with van der Waals surface area (Å²) in [5.41, 5.74) is 4.19. The summed E-state index contributed by atoms with van der Waals surface area (Å²) in [6, 6.07) is 10.0. The van der Waals surface area contributed by atoms with Crippen molar-refractivity contribution in [2.45, 2.75) is 26.9 Å². The topological polar surface area (TPSA) is 59.2 Å². The van der Waals surface area contributed by atoms with Crippen molar-refractivity contribution in [3.8, 4) is 0 Å². The van der Waals surface area contributed by atoms with Crippen LogP contribution in [0.15, 0.2) is 49.1 Å². The fourth-order valence-electron chi connectivity index (χ4n) is 3.84. The van der Waals surface area contributed by atoms with E-state index in [1.165, 1.54) is 5.69 Å². The molecule has 1 fully saturated rings. The van der Waals surface area contributed by atoms with Crippen molar-refractivity contribution in [1.29, 1.82) is 0 Å². The number of benzene rings is 1. The normalized spacial score (nSPS) is 15.0. The second kappa shape index (κ2) is 8.61. The first-order valence-corrected chi connectivity index (χ1v) is 10.2. The number of hydrogen-bond acceptors (Lipinski definition) is 4. The van der Waals surface area contributed by atoms with Gasteiger partial charge in [0.05, 0.1) is 18.6 Å². The monoisotopic (exact) mass is 392 g/mol. The second-order valence-electron chi connectivity index (χ2n) is 7.72. The van der Waals surface area contributed by atoms with Gasteiger partial charge in [0.1, 0.15) is 0 Å². The predicted octanol–water partition coefficient (Wildman–Crippen LogP) is 2.20. The molecule has 152 valence electrons. The van der Waals surface area contributed by atoms with Crippen LogP contribution in [0.25, 0.3) is 0 Å². The first-order chi connectivity index (χ1) is 14.1. The Balaban J connectivity index is 1.26. The highest BCUT2D eigenvalue weighted by molar-refractivity contribution is 5.94. The average Bonchev–Trinajstić information content (AvgIpc) is 3.35. The quantitative estimate of drug-likeness (QED) is 0.645. The largest absolute Gasteiger partial charge is 0.336 e. The van der Waals surface area contributed by atoms with Crippen molar-refractivity contribution in [2.75, 3.05) is 32.7 Å². The number of nitrogens with zero attached hydrogens (tertiary/aromatic N) is 6. The summed E-state index contributed by atoms with van der Waals surface area (Å²) >= 11 is 0. The van der Waals surface area contributed by atoms with Crippen LogP contribution < -0.4 is 0 Å². The highest BCUT2D eigenvalue weighted by atomic mass is 16.2. The molecule has 29 heavy (non-hydrogen) atoms. The standard InChI is InChI=1S/C22H28N6O/c1-18-15-19(2)28(24-18)14-11-25-9-12-27(13-10-25)22(29)21-5-3-20(4-6-21)16-26-8-7-23-17-26/h3-8,15,17H,9-14,16H2,1-2H3. The second-order valence-corrected chi connectivity index (χ2v) is 7.72. The van der Waals surface area contributed by atoms with E-state index in [1.54, 1.807) is 12.5 Å². The van der Waals surface area contributed by atoms with Crippen LogP contribution in [0.2, 0.25) is 0 Å². The zero-order valence-corrected chi connectivity index (χ0v) is 17.2. The molecule has 0 N–H and O–H groups in total. The van der Waals surface area contributed by atoms with Gasteiger partial charge in [-0.05, 0) is 37.6 Å². The molecule has 7 heteroatoms. The van der Waals surface area contributed by atoms with Crippen LogP contribution in [-0.4, -0.2) is 67.8 Å². The minimum atomic E-state index is 0.123. The van der Waals surface area contributed by atoms with Gasteiger partial charge < -0.3 is 9.47 Å². The van der Waals surface area contributed by atoms with Crippen LogP contribution in [-0.2, 0) is 13.1 Å². The predicted molar refractivity (Wildman–Crippen MR) is 112 cm³/mol. The molecule has 1 aliphatic heterocycles. The smallest absolute Gasteiger partial charge is 0.253 e. The molecule has 7 nitrogen and oxygen atoms in total. The number of piperazine rings is 1. The van der Waals surface area contributed by atoms with Gasteiger partial charge in [-0.15, -0.1) is 0 Å². The molecule has 0 spiro atoms. The third kappa shape index (κ3) is 4.74. The molecular formula is C22H28N6O. The molecule has 3 heterocycles. The maximum atomic E-state index is 12.8. The van der Waals surface area contributed by atoms with Gasteiger partial charge in [0.25, 0.3) is 5.91 Å². The Bertz CT molecular complexity index is 936. The van der Waals surface area contributed by atoms with E-state index in [1.807, 2.05) is 46.9 Å². The lowest BCUT2D eigenvalue weighted by Crippen LogP contribution is -2.49. The number of rotatable bonds is 6. The molecule has 3 aromatic rings. The van der Waals surface area contributed by atoms with Gasteiger partial charge in [0, 0.05) is 62.9 Å². The summed E-state index contributed by atoms with van der Waals surface area (Å²) < 4.78 is 4.08. The number of hydrogen-bond donors (Lipinski definition) is 0. The summed E-state index contributed by atoms with van der Waals surface area (Å²) in [6.45, 7) is 10.1. The molecule has 4 rings (SSSR count). The van der Waals surface area contributed by atoms with Crippen molar-refractivity contribution in [2.24, 2.45) is 0 Å². The van der Waals surface area contributed by atoms with Gasteiger partial charge in [-0.3, -0.25) is 14.4 Å². The lowest BCUT2D eigenvalue weighted by atomic mass is 10.1. The van der Waals surface area contributed by atoms with E-state index in [0.29, 0.717) is 0 Å². The van der Waals surface area contributed by atoms with E-state index < -0.39 is 0 Å². The zero-order valence-electron chi connectivity index (χ0n) is 17.2. The van der Waals surface area contributed by atoms with Crippen molar-refractivity contribution < 1.29 is 4.79 Å². The Morgan fingerprint density at radius 1 is 1.03 bits per heavy atom. The highest BCUT2D eigenvalue weighted by Crippen LogP contribution is 2.12. The summed E-state index contributed by atoms with van der Waals surface area (Å²) in [5.74, 6) is 0.123. The van der Waals surface area contributed by atoms with Gasteiger partial charge >= 0.3 is 0 Å². The Labute approximate surface area is 171 Å². The lowest BCUT2D eigenvalue weighted by Gasteiger charge is -2.34. The Morgan fingerprint density at radius 2 is 1.79 bits per heavy atom. The highest BCUT2D eigenvalue weighted by Gasteiger charge is 2.22. The Morgan fingerprint density at radius 3 is 2.41 bits per heavy atom. The van der Waals surface area contributed by atoms with Crippen LogP contribution in [0.5, 0.6) is 0 Å². The van der Waals surface area contributed by atoms with Crippen LogP contribution in [0, 0.1) is 13.8 Å². The van der Waals surface area contributed by atoms with E-state index in [2.05, 4.69) is 32.7 Å². The van der Waals surface area contributed by atoms with Gasteiger partial charge in [0.15, 0.2) is 0 Å². The molecule has 1 aliphatic rings. The number of aryl methyl sites for hydroxylation is 2. The van der Waals surface area contributed by atoms with Gasteiger partial charge in [-0.2, -0.15) is 5.10 Å². The van der Waals surface area contributed by atoms with E-state index in [9.17, 15) is 4.79 Å². The maximum Gasteiger partial charge on any atom is 0.253 e. The summed E-state index contributed by atoms with van der Waals surface area (Å²) in [6.07, 6.45) is 5.51. The SMILES string of the molecule is Cc1cc(C)n(CCN2CCN(C(=O)c3ccc(Cn4ccnc4)cc3)CC2)n1. The molecule has 0 radical (unpaired) electrons. The van der Waals surface area contributed by atoms with Crippen molar-refractivity contribution >= 4 is 5.91 Å². The number of amides is 1. The molecule has 1 saturated heterocycles. The van der Waals surface area contributed by atoms with Crippen LogP contribution in [0.3, 0.4) is 0 Å². The molecular weight excluding hydrogens is 364 g/mol. The molecule has 0 saturated carbocycles. The molecule has 0 unspecified atom stereocenters. The number of carbonyl (C=O) groups is 1. The maximum absolute atomic E-state index is 12.8. The molecule has 1 aromatic carbocycles. The first-order valence-electron chi connectivity index (χ1n) is 10.2. The number of carbonyl (C=O) groups excluding carboxylic acids is 1. The minimum Gasteiger partial charge on any atom is -0.336 e. The Hall–Kier alpha value is -2.93. The average molecular weight is 393 g/mol. The third-order valence-electron chi connectivity index (χ3n) is 5.52. The fraction of sp³-hybridized carbons (Fsp3) is 0.409. The van der Waals surface area contributed by atoms with Crippen molar-refractivity contribution in [3.05, 3.63) is 71.6 Å². The lowest BCUT2D eigenvalue weighted by molar-refractivity contribution is 0.0631. The first kappa shape index (κ1) is 19.4. The minimum absolute atomic E-state index is 0.123. The van der Waals surface area contributed by atoms with E-state index >= 15 is 0 Å². The van der Waals surface area contributed by atoms with Gasteiger partial charge in [-0.25, -0.2) is 4.98 Å². The van der Waals surface area contributed by atoms with Crippen molar-refractivity contribution in [1.82, 2.24) is 29.1 Å². The third-order valence-corrected chi connectivity index (χ3v) is 5.52. The number of imidazole rings is 1. The van der Waals surface area contributed by atoms with Gasteiger partial charge in [-0.1, -0.05) is 12.1 Å². The molecule has 0 atom stereocenters. The van der Waals surface area contributed by atoms with Gasteiger partial charge in [0.2, 0.25) is 0 Å². The molecule has 0 aliphatic carbocycles.